The van der Waals surface area contributed by atoms with Crippen LogP contribution in [0.1, 0.15) is 27.7 Å². The average Bonchev–Trinajstić information content (AvgIpc) is 2.49. The second-order valence-electron chi connectivity index (χ2n) is 6.87. The van der Waals surface area contributed by atoms with E-state index in [0.29, 0.717) is 18.6 Å². The highest BCUT2D eigenvalue weighted by atomic mass is 16.5. The SMILES string of the molecule is CCNC(=NCC(C(C)C)N1CCN(C)CC1)NC(C)COC. The van der Waals surface area contributed by atoms with E-state index < -0.39 is 0 Å². The number of methoxy groups -OCH3 is 1. The first-order valence-corrected chi connectivity index (χ1v) is 8.94. The zero-order valence-electron chi connectivity index (χ0n) is 15.9. The van der Waals surface area contributed by atoms with Crippen LogP contribution in [0.3, 0.4) is 0 Å². The Balaban J connectivity index is 2.64. The third kappa shape index (κ3) is 7.50. The molecule has 2 unspecified atom stereocenters. The van der Waals surface area contributed by atoms with Crippen LogP contribution in [0.4, 0.5) is 0 Å². The van der Waals surface area contributed by atoms with E-state index in [4.69, 9.17) is 9.73 Å². The lowest BCUT2D eigenvalue weighted by molar-refractivity contribution is 0.0925. The van der Waals surface area contributed by atoms with Crippen LogP contribution in [0.5, 0.6) is 0 Å². The van der Waals surface area contributed by atoms with Crippen LogP contribution in [0.2, 0.25) is 0 Å². The van der Waals surface area contributed by atoms with Gasteiger partial charge < -0.3 is 20.3 Å². The van der Waals surface area contributed by atoms with Gasteiger partial charge in [-0.1, -0.05) is 13.8 Å². The molecule has 0 aliphatic carbocycles. The van der Waals surface area contributed by atoms with Crippen LogP contribution < -0.4 is 10.6 Å². The Labute approximate surface area is 142 Å². The van der Waals surface area contributed by atoms with Gasteiger partial charge >= 0.3 is 0 Å². The number of likely N-dealkylation sites (N-methyl/N-ethyl adjacent to an activating group) is 1. The predicted molar refractivity (Wildman–Crippen MR) is 98.1 cm³/mol. The normalized spacial score (nSPS) is 20.6. The van der Waals surface area contributed by atoms with E-state index >= 15 is 0 Å². The summed E-state index contributed by atoms with van der Waals surface area (Å²) in [6.45, 7) is 15.7. The van der Waals surface area contributed by atoms with E-state index in [1.165, 1.54) is 0 Å². The zero-order valence-corrected chi connectivity index (χ0v) is 15.9. The van der Waals surface area contributed by atoms with Crippen LogP contribution in [-0.2, 0) is 4.74 Å². The average molecular weight is 328 g/mol. The molecule has 0 aromatic heterocycles. The lowest BCUT2D eigenvalue weighted by atomic mass is 10.0. The number of piperazine rings is 1. The fourth-order valence-corrected chi connectivity index (χ4v) is 2.93. The van der Waals surface area contributed by atoms with E-state index in [-0.39, 0.29) is 6.04 Å². The first-order chi connectivity index (χ1) is 11.0. The van der Waals surface area contributed by atoms with Gasteiger partial charge in [0.25, 0.3) is 0 Å². The van der Waals surface area contributed by atoms with Crippen molar-refractivity contribution >= 4 is 5.96 Å². The van der Waals surface area contributed by atoms with Gasteiger partial charge in [-0.3, -0.25) is 9.89 Å². The van der Waals surface area contributed by atoms with Crippen LogP contribution in [0.15, 0.2) is 4.99 Å². The zero-order chi connectivity index (χ0) is 17.2. The Morgan fingerprint density at radius 3 is 2.35 bits per heavy atom. The second-order valence-corrected chi connectivity index (χ2v) is 6.87. The maximum Gasteiger partial charge on any atom is 0.191 e. The van der Waals surface area contributed by atoms with Crippen molar-refractivity contribution in [2.45, 2.75) is 39.8 Å². The van der Waals surface area contributed by atoms with Gasteiger partial charge in [0.2, 0.25) is 0 Å². The van der Waals surface area contributed by atoms with Crippen LogP contribution in [0.25, 0.3) is 0 Å². The molecule has 2 atom stereocenters. The first kappa shape index (κ1) is 20.2. The molecule has 0 saturated carbocycles. The van der Waals surface area contributed by atoms with E-state index in [9.17, 15) is 0 Å². The van der Waals surface area contributed by atoms with Crippen LogP contribution in [-0.4, -0.2) is 87.9 Å². The smallest absolute Gasteiger partial charge is 0.191 e. The van der Waals surface area contributed by atoms with Crippen molar-refractivity contribution in [3.05, 3.63) is 0 Å². The number of rotatable bonds is 8. The molecule has 0 radical (unpaired) electrons. The molecule has 6 heteroatoms. The predicted octanol–water partition coefficient (Wildman–Crippen LogP) is 0.848. The summed E-state index contributed by atoms with van der Waals surface area (Å²) in [5, 5.41) is 6.74. The minimum atomic E-state index is 0.249. The molecule has 136 valence electrons. The van der Waals surface area contributed by atoms with E-state index in [0.717, 1.165) is 45.2 Å². The Morgan fingerprint density at radius 1 is 1.17 bits per heavy atom. The highest BCUT2D eigenvalue weighted by Gasteiger charge is 2.24. The fourth-order valence-electron chi connectivity index (χ4n) is 2.93. The molecule has 1 aliphatic heterocycles. The van der Waals surface area contributed by atoms with Gasteiger partial charge in [0.05, 0.1) is 13.2 Å². The Bertz CT molecular complexity index is 340. The van der Waals surface area contributed by atoms with E-state index in [1.807, 2.05) is 0 Å². The number of nitrogens with one attached hydrogen (secondary N) is 2. The van der Waals surface area contributed by atoms with Gasteiger partial charge in [0.1, 0.15) is 0 Å². The van der Waals surface area contributed by atoms with E-state index in [1.54, 1.807) is 7.11 Å². The monoisotopic (exact) mass is 327 g/mol. The number of nitrogens with zero attached hydrogens (tertiary/aromatic N) is 3. The third-order valence-electron chi connectivity index (χ3n) is 4.36. The minimum absolute atomic E-state index is 0.249. The summed E-state index contributed by atoms with van der Waals surface area (Å²) in [5.74, 6) is 1.48. The molecule has 1 heterocycles. The molecule has 1 rings (SSSR count). The van der Waals surface area contributed by atoms with Crippen molar-refractivity contribution in [2.75, 3.05) is 60.0 Å². The number of guanidine groups is 1. The quantitative estimate of drug-likeness (QED) is 0.511. The molecular formula is C17H37N5O. The van der Waals surface area contributed by atoms with Gasteiger partial charge in [-0.2, -0.15) is 0 Å². The number of aliphatic imine (C=N–C) groups is 1. The van der Waals surface area contributed by atoms with Crippen LogP contribution >= 0.6 is 0 Å². The van der Waals surface area contributed by atoms with Crippen molar-refractivity contribution in [2.24, 2.45) is 10.9 Å². The van der Waals surface area contributed by atoms with E-state index in [2.05, 4.69) is 55.2 Å². The molecule has 0 aromatic carbocycles. The Kier molecular flexibility index (Phi) is 9.52. The summed E-state index contributed by atoms with van der Waals surface area (Å²) < 4.78 is 5.19. The van der Waals surface area contributed by atoms with Gasteiger partial charge in [0.15, 0.2) is 5.96 Å². The molecule has 0 aromatic rings. The Morgan fingerprint density at radius 2 is 1.83 bits per heavy atom. The topological polar surface area (TPSA) is 52.1 Å². The lowest BCUT2D eigenvalue weighted by Crippen LogP contribution is -2.52. The Hall–Kier alpha value is -0.850. The third-order valence-corrected chi connectivity index (χ3v) is 4.36. The molecule has 2 N–H and O–H groups in total. The highest BCUT2D eigenvalue weighted by Crippen LogP contribution is 2.14. The highest BCUT2D eigenvalue weighted by molar-refractivity contribution is 5.80. The fraction of sp³-hybridized carbons (Fsp3) is 0.941. The maximum atomic E-state index is 5.19. The van der Waals surface area contributed by atoms with Crippen LogP contribution in [0, 0.1) is 5.92 Å². The number of ether oxygens (including phenoxy) is 1. The second kappa shape index (κ2) is 10.8. The van der Waals surface area contributed by atoms with Crippen molar-refractivity contribution < 1.29 is 4.74 Å². The number of hydrogen-bond donors (Lipinski definition) is 2. The van der Waals surface area contributed by atoms with Crippen molar-refractivity contribution in [3.8, 4) is 0 Å². The summed E-state index contributed by atoms with van der Waals surface area (Å²) in [5.41, 5.74) is 0. The molecular weight excluding hydrogens is 290 g/mol. The standard InChI is InChI=1S/C17H37N5O/c1-7-18-17(20-15(4)13-23-6)19-12-16(14(2)3)22-10-8-21(5)9-11-22/h14-16H,7-13H2,1-6H3,(H2,18,19,20). The molecule has 0 amide bonds. The summed E-state index contributed by atoms with van der Waals surface area (Å²) in [4.78, 5) is 9.83. The largest absolute Gasteiger partial charge is 0.383 e. The summed E-state index contributed by atoms with van der Waals surface area (Å²) in [7, 11) is 3.93. The first-order valence-electron chi connectivity index (χ1n) is 8.94. The molecule has 23 heavy (non-hydrogen) atoms. The van der Waals surface area contributed by atoms with Crippen molar-refractivity contribution in [1.29, 1.82) is 0 Å². The lowest BCUT2D eigenvalue weighted by Gasteiger charge is -2.39. The maximum absolute atomic E-state index is 5.19. The van der Waals surface area contributed by atoms with Crippen molar-refractivity contribution in [3.63, 3.8) is 0 Å². The summed E-state index contributed by atoms with van der Waals surface area (Å²) in [6.07, 6.45) is 0. The molecule has 0 spiro atoms. The summed E-state index contributed by atoms with van der Waals surface area (Å²) >= 11 is 0. The minimum Gasteiger partial charge on any atom is -0.383 e. The number of hydrogen-bond acceptors (Lipinski definition) is 4. The molecule has 6 nitrogen and oxygen atoms in total. The van der Waals surface area contributed by atoms with Gasteiger partial charge in [0, 0.05) is 51.9 Å². The molecule has 1 saturated heterocycles. The molecule has 1 aliphatic rings. The molecule has 0 bridgehead atoms. The molecule has 1 fully saturated rings. The van der Waals surface area contributed by atoms with Gasteiger partial charge in [-0.05, 0) is 26.8 Å². The van der Waals surface area contributed by atoms with Crippen molar-refractivity contribution in [1.82, 2.24) is 20.4 Å². The van der Waals surface area contributed by atoms with Gasteiger partial charge in [-0.25, -0.2) is 0 Å². The van der Waals surface area contributed by atoms with Gasteiger partial charge in [-0.15, -0.1) is 0 Å². The summed E-state index contributed by atoms with van der Waals surface area (Å²) in [6, 6.07) is 0.746.